The van der Waals surface area contributed by atoms with Gasteiger partial charge in [-0.05, 0) is 49.4 Å². The summed E-state index contributed by atoms with van der Waals surface area (Å²) in [6.07, 6.45) is 0. The van der Waals surface area contributed by atoms with Gasteiger partial charge in [0.2, 0.25) is 0 Å². The first-order chi connectivity index (χ1) is 9.02. The summed E-state index contributed by atoms with van der Waals surface area (Å²) in [4.78, 5) is 0. The van der Waals surface area contributed by atoms with Gasteiger partial charge in [0.15, 0.2) is 0 Å². The van der Waals surface area contributed by atoms with Crippen LogP contribution in [-0.4, -0.2) is 7.05 Å². The van der Waals surface area contributed by atoms with E-state index in [0.29, 0.717) is 10.6 Å². The molecule has 1 unspecified atom stereocenters. The maximum Gasteiger partial charge on any atom is 0.131 e. The Morgan fingerprint density at radius 2 is 1.84 bits per heavy atom. The van der Waals surface area contributed by atoms with Crippen molar-refractivity contribution >= 4 is 11.6 Å². The first-order valence-corrected chi connectivity index (χ1v) is 6.33. The second kappa shape index (κ2) is 5.68. The number of rotatable bonds is 3. The van der Waals surface area contributed by atoms with E-state index in [9.17, 15) is 8.78 Å². The van der Waals surface area contributed by atoms with Crippen LogP contribution in [0.25, 0.3) is 11.1 Å². The molecule has 0 bridgehead atoms. The molecular weight excluding hydrogens is 268 g/mol. The van der Waals surface area contributed by atoms with Crippen LogP contribution < -0.4 is 5.32 Å². The Morgan fingerprint density at radius 1 is 1.11 bits per heavy atom. The Morgan fingerprint density at radius 3 is 2.47 bits per heavy atom. The molecule has 100 valence electrons. The summed E-state index contributed by atoms with van der Waals surface area (Å²) in [7, 11) is 1.83. The lowest BCUT2D eigenvalue weighted by molar-refractivity contribution is 0.603. The molecule has 0 aliphatic heterocycles. The number of hydrogen-bond acceptors (Lipinski definition) is 1. The van der Waals surface area contributed by atoms with Crippen molar-refractivity contribution in [1.82, 2.24) is 5.32 Å². The summed E-state index contributed by atoms with van der Waals surface area (Å²) < 4.78 is 26.9. The third-order valence-corrected chi connectivity index (χ3v) is 3.47. The molecule has 4 heteroatoms. The van der Waals surface area contributed by atoms with Crippen LogP contribution in [0.3, 0.4) is 0 Å². The van der Waals surface area contributed by atoms with Crippen molar-refractivity contribution in [2.75, 3.05) is 7.05 Å². The van der Waals surface area contributed by atoms with Gasteiger partial charge in [0.25, 0.3) is 0 Å². The fourth-order valence-electron chi connectivity index (χ4n) is 1.92. The molecule has 2 aromatic rings. The van der Waals surface area contributed by atoms with Crippen molar-refractivity contribution < 1.29 is 8.78 Å². The zero-order valence-corrected chi connectivity index (χ0v) is 11.4. The number of hydrogen-bond donors (Lipinski definition) is 1. The molecule has 2 aromatic carbocycles. The van der Waals surface area contributed by atoms with E-state index in [1.54, 1.807) is 12.1 Å². The average Bonchev–Trinajstić information content (AvgIpc) is 2.40. The zero-order valence-electron chi connectivity index (χ0n) is 10.7. The van der Waals surface area contributed by atoms with E-state index in [0.717, 1.165) is 17.7 Å². The zero-order chi connectivity index (χ0) is 14.0. The Kier molecular flexibility index (Phi) is 4.17. The van der Waals surface area contributed by atoms with Crippen molar-refractivity contribution in [3.63, 3.8) is 0 Å². The summed E-state index contributed by atoms with van der Waals surface area (Å²) in [5.74, 6) is -0.938. The van der Waals surface area contributed by atoms with E-state index in [-0.39, 0.29) is 11.6 Å². The van der Waals surface area contributed by atoms with Crippen LogP contribution in [-0.2, 0) is 0 Å². The second-order valence-corrected chi connectivity index (χ2v) is 4.78. The standard InChI is InChI=1S/C15H14ClF2N/c1-9(19-2)12-5-3-10(7-14(12)16)13-8-11(17)4-6-15(13)18/h3-9,19H,1-2H3. The maximum atomic E-state index is 13.7. The third kappa shape index (κ3) is 2.94. The monoisotopic (exact) mass is 281 g/mol. The molecule has 0 aromatic heterocycles. The van der Waals surface area contributed by atoms with Gasteiger partial charge >= 0.3 is 0 Å². The maximum absolute atomic E-state index is 13.7. The van der Waals surface area contributed by atoms with Gasteiger partial charge in [0, 0.05) is 16.6 Å². The van der Waals surface area contributed by atoms with E-state index < -0.39 is 11.6 Å². The van der Waals surface area contributed by atoms with Crippen molar-refractivity contribution in [1.29, 1.82) is 0 Å². The molecule has 1 N–H and O–H groups in total. The minimum absolute atomic E-state index is 0.0962. The van der Waals surface area contributed by atoms with Gasteiger partial charge in [-0.1, -0.05) is 23.7 Å². The summed E-state index contributed by atoms with van der Waals surface area (Å²) >= 11 is 6.19. The molecule has 0 saturated carbocycles. The highest BCUT2D eigenvalue weighted by atomic mass is 35.5. The van der Waals surface area contributed by atoms with Crippen LogP contribution in [0, 0.1) is 11.6 Å². The lowest BCUT2D eigenvalue weighted by Gasteiger charge is -2.14. The van der Waals surface area contributed by atoms with Crippen LogP contribution in [0.4, 0.5) is 8.78 Å². The summed E-state index contributed by atoms with van der Waals surface area (Å²) in [6, 6.07) is 8.69. The molecule has 0 aliphatic carbocycles. The fourth-order valence-corrected chi connectivity index (χ4v) is 2.26. The van der Waals surface area contributed by atoms with Gasteiger partial charge in [-0.15, -0.1) is 0 Å². The van der Waals surface area contributed by atoms with Crippen LogP contribution >= 0.6 is 11.6 Å². The Bertz CT molecular complexity index is 599. The molecule has 0 fully saturated rings. The summed E-state index contributed by atoms with van der Waals surface area (Å²) in [5.41, 5.74) is 1.70. The highest BCUT2D eigenvalue weighted by molar-refractivity contribution is 6.31. The molecule has 0 radical (unpaired) electrons. The van der Waals surface area contributed by atoms with E-state index in [1.807, 2.05) is 20.0 Å². The Labute approximate surface area is 116 Å². The van der Waals surface area contributed by atoms with Crippen LogP contribution in [0.15, 0.2) is 36.4 Å². The van der Waals surface area contributed by atoms with Gasteiger partial charge in [-0.2, -0.15) is 0 Å². The molecule has 1 nitrogen and oxygen atoms in total. The van der Waals surface area contributed by atoms with Gasteiger partial charge in [-0.25, -0.2) is 8.78 Å². The van der Waals surface area contributed by atoms with Gasteiger partial charge < -0.3 is 5.32 Å². The van der Waals surface area contributed by atoms with Crippen molar-refractivity contribution in [2.45, 2.75) is 13.0 Å². The van der Waals surface area contributed by atoms with Crippen LogP contribution in [0.1, 0.15) is 18.5 Å². The van der Waals surface area contributed by atoms with Crippen molar-refractivity contribution in [3.05, 3.63) is 58.6 Å². The second-order valence-electron chi connectivity index (χ2n) is 4.37. The number of halogens is 3. The normalized spacial score (nSPS) is 12.5. The minimum atomic E-state index is -0.472. The van der Waals surface area contributed by atoms with E-state index >= 15 is 0 Å². The first-order valence-electron chi connectivity index (χ1n) is 5.95. The largest absolute Gasteiger partial charge is 0.313 e. The molecule has 0 aliphatic rings. The quantitative estimate of drug-likeness (QED) is 0.869. The lowest BCUT2D eigenvalue weighted by Crippen LogP contribution is -2.12. The van der Waals surface area contributed by atoms with Crippen LogP contribution in [0.2, 0.25) is 5.02 Å². The molecule has 2 rings (SSSR count). The average molecular weight is 282 g/mol. The van der Waals surface area contributed by atoms with E-state index in [1.165, 1.54) is 6.07 Å². The highest BCUT2D eigenvalue weighted by Crippen LogP contribution is 2.30. The molecule has 0 spiro atoms. The molecule has 0 saturated heterocycles. The summed E-state index contributed by atoms with van der Waals surface area (Å²) in [6.45, 7) is 1.98. The smallest absolute Gasteiger partial charge is 0.131 e. The first kappa shape index (κ1) is 14.0. The molecule has 19 heavy (non-hydrogen) atoms. The lowest BCUT2D eigenvalue weighted by atomic mass is 10.0. The van der Waals surface area contributed by atoms with E-state index in [4.69, 9.17) is 11.6 Å². The fraction of sp³-hybridized carbons (Fsp3) is 0.200. The topological polar surface area (TPSA) is 12.0 Å². The highest BCUT2D eigenvalue weighted by Gasteiger charge is 2.11. The molecule has 1 atom stereocenters. The van der Waals surface area contributed by atoms with Gasteiger partial charge in [0.05, 0.1) is 0 Å². The molecular formula is C15H14ClF2N. The molecule has 0 amide bonds. The van der Waals surface area contributed by atoms with Gasteiger partial charge in [0.1, 0.15) is 11.6 Å². The number of nitrogens with one attached hydrogen (secondary N) is 1. The van der Waals surface area contributed by atoms with Crippen molar-refractivity contribution in [2.24, 2.45) is 0 Å². The predicted molar refractivity (Wildman–Crippen MR) is 74.3 cm³/mol. The minimum Gasteiger partial charge on any atom is -0.313 e. The van der Waals surface area contributed by atoms with E-state index in [2.05, 4.69) is 5.32 Å². The molecule has 0 heterocycles. The SMILES string of the molecule is CNC(C)c1ccc(-c2cc(F)ccc2F)cc1Cl. The third-order valence-electron chi connectivity index (χ3n) is 3.14. The van der Waals surface area contributed by atoms with Crippen LogP contribution in [0.5, 0.6) is 0 Å². The number of benzene rings is 2. The summed E-state index contributed by atoms with van der Waals surface area (Å²) in [5, 5.41) is 3.61. The Hall–Kier alpha value is -1.45. The predicted octanol–water partition coefficient (Wildman–Crippen LogP) is 4.57. The van der Waals surface area contributed by atoms with Gasteiger partial charge in [-0.3, -0.25) is 0 Å². The Balaban J connectivity index is 2.47. The van der Waals surface area contributed by atoms with Crippen molar-refractivity contribution in [3.8, 4) is 11.1 Å².